The molecule has 39 heavy (non-hydrogen) atoms. The Morgan fingerprint density at radius 2 is 1.62 bits per heavy atom. The molecule has 0 unspecified atom stereocenters. The van der Waals surface area contributed by atoms with E-state index >= 15 is 0 Å². The third-order valence-electron chi connectivity index (χ3n) is 7.24. The number of sulfone groups is 1. The normalized spacial score (nSPS) is 14.1. The molecule has 0 bridgehead atoms. The molecule has 0 aliphatic carbocycles. The summed E-state index contributed by atoms with van der Waals surface area (Å²) in [5.41, 5.74) is 7.74. The van der Waals surface area contributed by atoms with Crippen molar-refractivity contribution in [2.45, 2.75) is 42.9 Å². The van der Waals surface area contributed by atoms with Crippen molar-refractivity contribution < 1.29 is 13.3 Å². The van der Waals surface area contributed by atoms with Crippen molar-refractivity contribution in [1.29, 1.82) is 0 Å². The largest absolute Gasteiger partial charge is 0.417 e. The van der Waals surface area contributed by atoms with E-state index in [0.29, 0.717) is 4.90 Å². The zero-order valence-electron chi connectivity index (χ0n) is 22.3. The van der Waals surface area contributed by atoms with Crippen molar-refractivity contribution in [3.05, 3.63) is 126 Å². The second kappa shape index (κ2) is 13.1. The molecule has 0 amide bonds. The molecule has 1 N–H and O–H groups in total. The lowest BCUT2D eigenvalue weighted by atomic mass is 9.97. The van der Waals surface area contributed by atoms with Gasteiger partial charge in [-0.3, -0.25) is 4.90 Å². The maximum absolute atomic E-state index is 12.8. The predicted molar refractivity (Wildman–Crippen MR) is 158 cm³/mol. The number of hydrogen-bond acceptors (Lipinski definition) is 5. The summed E-state index contributed by atoms with van der Waals surface area (Å²) in [5.74, 6) is 0.0344. The second-order valence-corrected chi connectivity index (χ2v) is 12.2. The number of rotatable bonds is 12. The van der Waals surface area contributed by atoms with Crippen LogP contribution in [-0.4, -0.2) is 33.0 Å². The smallest absolute Gasteiger partial charge is 0.182 e. The highest BCUT2D eigenvalue weighted by Crippen LogP contribution is 2.23. The summed E-state index contributed by atoms with van der Waals surface area (Å²) in [4.78, 5) is 8.31. The van der Waals surface area contributed by atoms with E-state index in [-0.39, 0.29) is 5.75 Å². The molecule has 0 aromatic heterocycles. The lowest BCUT2D eigenvalue weighted by Crippen LogP contribution is -2.31. The van der Waals surface area contributed by atoms with Gasteiger partial charge in [-0.15, -0.1) is 0 Å². The number of nitrogens with one attached hydrogen (secondary N) is 1. The first-order valence-electron chi connectivity index (χ1n) is 13.7. The Morgan fingerprint density at radius 3 is 2.49 bits per heavy atom. The van der Waals surface area contributed by atoms with Crippen LogP contribution in [0.2, 0.25) is 0 Å². The van der Waals surface area contributed by atoms with Crippen LogP contribution in [0.15, 0.2) is 108 Å². The minimum Gasteiger partial charge on any atom is -0.417 e. The highest BCUT2D eigenvalue weighted by atomic mass is 32.2. The quantitative estimate of drug-likeness (QED) is 0.131. The lowest BCUT2D eigenvalue weighted by molar-refractivity contribution is 0.131. The van der Waals surface area contributed by atoms with Crippen LogP contribution >= 0.6 is 0 Å². The number of allylic oxidation sites excluding steroid dienone is 1. The lowest BCUT2D eigenvalue weighted by Gasteiger charge is -2.29. The summed E-state index contributed by atoms with van der Waals surface area (Å²) >= 11 is 0. The van der Waals surface area contributed by atoms with Crippen molar-refractivity contribution in [2.75, 3.05) is 19.6 Å². The summed E-state index contributed by atoms with van der Waals surface area (Å²) in [6.45, 7) is 3.73. The summed E-state index contributed by atoms with van der Waals surface area (Å²) < 4.78 is 25.6. The Labute approximate surface area is 232 Å². The molecule has 4 aromatic rings. The highest BCUT2D eigenvalue weighted by Gasteiger charge is 2.19. The van der Waals surface area contributed by atoms with Crippen molar-refractivity contribution in [3.8, 4) is 0 Å². The fraction of sp³-hybridized carbons (Fsp3) is 0.273. The summed E-state index contributed by atoms with van der Waals surface area (Å²) in [6, 6.07) is 29.8. The molecule has 202 valence electrons. The Hall–Kier alpha value is -3.45. The monoisotopic (exact) mass is 540 g/mol. The van der Waals surface area contributed by atoms with Gasteiger partial charge in [0.15, 0.2) is 9.84 Å². The van der Waals surface area contributed by atoms with Gasteiger partial charge >= 0.3 is 0 Å². The number of unbranched alkanes of at least 4 members (excludes halogenated alkanes) is 1. The fourth-order valence-corrected chi connectivity index (χ4v) is 6.47. The average molecular weight is 541 g/mol. The molecule has 1 aliphatic rings. The maximum atomic E-state index is 12.8. The van der Waals surface area contributed by atoms with Gasteiger partial charge in [-0.2, -0.15) is 5.48 Å². The van der Waals surface area contributed by atoms with Gasteiger partial charge in [0, 0.05) is 19.6 Å². The molecule has 5 rings (SSSR count). The van der Waals surface area contributed by atoms with E-state index in [1.165, 1.54) is 27.5 Å². The number of benzene rings is 4. The number of hydroxylamine groups is 1. The van der Waals surface area contributed by atoms with Gasteiger partial charge in [0.1, 0.15) is 6.26 Å². The highest BCUT2D eigenvalue weighted by molar-refractivity contribution is 7.90. The first-order chi connectivity index (χ1) is 19.1. The molecule has 1 heterocycles. The van der Waals surface area contributed by atoms with E-state index in [4.69, 9.17) is 4.84 Å². The second-order valence-electron chi connectivity index (χ2n) is 10.2. The van der Waals surface area contributed by atoms with Crippen molar-refractivity contribution >= 4 is 20.6 Å². The summed E-state index contributed by atoms with van der Waals surface area (Å²) in [5, 5.41) is 2.52. The van der Waals surface area contributed by atoms with Crippen LogP contribution in [-0.2, 0) is 39.8 Å². The summed E-state index contributed by atoms with van der Waals surface area (Å²) in [6.07, 6.45) is 7.70. The van der Waals surface area contributed by atoms with Gasteiger partial charge in [0.2, 0.25) is 0 Å². The number of hydrogen-bond donors (Lipinski definition) is 1. The van der Waals surface area contributed by atoms with Crippen molar-refractivity contribution in [1.82, 2.24) is 10.4 Å². The fourth-order valence-electron chi connectivity index (χ4n) is 5.12. The van der Waals surface area contributed by atoms with Crippen LogP contribution in [0.25, 0.3) is 10.8 Å². The maximum Gasteiger partial charge on any atom is 0.182 e. The SMILES string of the molecule is O=S(=O)(Cc1ccc2c(c1)CN(CCCCNOC=CCc1ccc3ccccc3c1)CC2)c1ccccc1. The van der Waals surface area contributed by atoms with Gasteiger partial charge in [-0.05, 0) is 83.5 Å². The molecule has 4 aromatic carbocycles. The van der Waals surface area contributed by atoms with Crippen molar-refractivity contribution in [3.63, 3.8) is 0 Å². The topological polar surface area (TPSA) is 58.6 Å². The molecule has 0 saturated heterocycles. The first kappa shape index (κ1) is 27.1. The Balaban J connectivity index is 1.00. The predicted octanol–water partition coefficient (Wildman–Crippen LogP) is 6.23. The van der Waals surface area contributed by atoms with Gasteiger partial charge in [-0.1, -0.05) is 78.9 Å². The average Bonchev–Trinajstić information content (AvgIpc) is 2.96. The molecule has 6 heteroatoms. The number of nitrogens with zero attached hydrogens (tertiary/aromatic N) is 1. The van der Waals surface area contributed by atoms with E-state index in [9.17, 15) is 8.42 Å². The van der Waals surface area contributed by atoms with E-state index in [0.717, 1.165) is 57.4 Å². The van der Waals surface area contributed by atoms with Crippen LogP contribution in [0.1, 0.15) is 35.1 Å². The van der Waals surface area contributed by atoms with E-state index in [2.05, 4.69) is 65.0 Å². The minimum absolute atomic E-state index is 0.0344. The molecule has 0 atom stereocenters. The van der Waals surface area contributed by atoms with Gasteiger partial charge < -0.3 is 4.84 Å². The third-order valence-corrected chi connectivity index (χ3v) is 8.94. The minimum atomic E-state index is -3.34. The molecule has 1 aliphatic heterocycles. The molecule has 5 nitrogen and oxygen atoms in total. The Kier molecular flexibility index (Phi) is 9.09. The van der Waals surface area contributed by atoms with Crippen LogP contribution in [0.4, 0.5) is 0 Å². The van der Waals surface area contributed by atoms with E-state index in [1.807, 2.05) is 18.2 Å². The Bertz CT molecular complexity index is 1520. The zero-order valence-corrected chi connectivity index (χ0v) is 23.1. The molecule has 0 radical (unpaired) electrons. The van der Waals surface area contributed by atoms with Gasteiger partial charge in [0.25, 0.3) is 0 Å². The van der Waals surface area contributed by atoms with Crippen LogP contribution in [0.5, 0.6) is 0 Å². The van der Waals surface area contributed by atoms with E-state index < -0.39 is 9.84 Å². The Morgan fingerprint density at radius 1 is 0.821 bits per heavy atom. The molecule has 0 fully saturated rings. The summed E-state index contributed by atoms with van der Waals surface area (Å²) in [7, 11) is -3.34. The van der Waals surface area contributed by atoms with E-state index in [1.54, 1.807) is 30.5 Å². The standard InChI is InChI=1S/C33H36N2O3S/c36-39(37,33-12-2-1-3-13-33)26-28-15-17-30-18-21-35(25-32(30)24-28)20-7-6-19-34-38-22-8-9-27-14-16-29-10-4-5-11-31(29)23-27/h1-5,8,10-17,22-24,34H,6-7,9,18-21,25-26H2. The molecule has 0 saturated carbocycles. The zero-order chi connectivity index (χ0) is 26.9. The van der Waals surface area contributed by atoms with Crippen molar-refractivity contribution in [2.24, 2.45) is 0 Å². The molecular formula is C33H36N2O3S. The van der Waals surface area contributed by atoms with Crippen LogP contribution in [0.3, 0.4) is 0 Å². The first-order valence-corrected chi connectivity index (χ1v) is 15.3. The van der Waals surface area contributed by atoms with Crippen LogP contribution in [0, 0.1) is 0 Å². The van der Waals surface area contributed by atoms with Gasteiger partial charge in [-0.25, -0.2) is 8.42 Å². The van der Waals surface area contributed by atoms with Crippen LogP contribution < -0.4 is 5.48 Å². The molecular weight excluding hydrogens is 504 g/mol. The number of fused-ring (bicyclic) bond motifs is 2. The van der Waals surface area contributed by atoms with Gasteiger partial charge in [0.05, 0.1) is 10.6 Å². The third kappa shape index (κ3) is 7.57. The molecule has 0 spiro atoms.